The van der Waals surface area contributed by atoms with E-state index in [2.05, 4.69) is 0 Å². The summed E-state index contributed by atoms with van der Waals surface area (Å²) in [6.07, 6.45) is 2.69. The van der Waals surface area contributed by atoms with Crippen LogP contribution in [0.2, 0.25) is 0 Å². The van der Waals surface area contributed by atoms with E-state index in [1.807, 2.05) is 0 Å². The third-order valence-electron chi connectivity index (χ3n) is 3.38. The van der Waals surface area contributed by atoms with E-state index in [9.17, 15) is 9.59 Å². The van der Waals surface area contributed by atoms with Crippen molar-refractivity contribution in [2.75, 3.05) is 33.0 Å². The van der Waals surface area contributed by atoms with Crippen LogP contribution in [-0.2, 0) is 28.5 Å². The van der Waals surface area contributed by atoms with Gasteiger partial charge in [0.1, 0.15) is 0 Å². The van der Waals surface area contributed by atoms with E-state index >= 15 is 0 Å². The average molecular weight is 302 g/mol. The van der Waals surface area contributed by atoms with Crippen molar-refractivity contribution in [3.63, 3.8) is 0 Å². The molecule has 122 valence electrons. The molecular weight excluding hydrogens is 276 g/mol. The van der Waals surface area contributed by atoms with E-state index in [-0.39, 0.29) is 13.2 Å². The summed E-state index contributed by atoms with van der Waals surface area (Å²) >= 11 is 0. The van der Waals surface area contributed by atoms with E-state index in [0.29, 0.717) is 12.5 Å². The lowest BCUT2D eigenvalue weighted by molar-refractivity contribution is -0.173. The predicted octanol–water partition coefficient (Wildman–Crippen LogP) is 1.70. The van der Waals surface area contributed by atoms with Crippen LogP contribution in [0.15, 0.2) is 0 Å². The lowest BCUT2D eigenvalue weighted by Gasteiger charge is -2.22. The molecule has 0 aromatic carbocycles. The Morgan fingerprint density at radius 3 is 2.19 bits per heavy atom. The minimum absolute atomic E-state index is 0.209. The van der Waals surface area contributed by atoms with Crippen molar-refractivity contribution in [2.24, 2.45) is 5.92 Å². The number of hydrogen-bond donors (Lipinski definition) is 0. The van der Waals surface area contributed by atoms with Crippen LogP contribution in [0.25, 0.3) is 0 Å². The first-order valence-corrected chi connectivity index (χ1v) is 7.71. The van der Waals surface area contributed by atoms with Crippen molar-refractivity contribution in [3.8, 4) is 0 Å². The first-order valence-electron chi connectivity index (χ1n) is 7.71. The summed E-state index contributed by atoms with van der Waals surface area (Å²) in [5, 5.41) is 0. The molecule has 1 rings (SSSR count). The third kappa shape index (κ3) is 6.91. The second-order valence-corrected chi connectivity index (χ2v) is 4.95. The number of rotatable bonds is 9. The first kappa shape index (κ1) is 17.9. The van der Waals surface area contributed by atoms with Crippen molar-refractivity contribution in [1.82, 2.24) is 0 Å². The predicted molar refractivity (Wildman–Crippen MR) is 75.8 cm³/mol. The summed E-state index contributed by atoms with van der Waals surface area (Å²) in [6, 6.07) is 0. The summed E-state index contributed by atoms with van der Waals surface area (Å²) in [7, 11) is 0. The molecule has 0 spiro atoms. The second kappa shape index (κ2) is 10.6. The van der Waals surface area contributed by atoms with Crippen LogP contribution in [0.4, 0.5) is 0 Å². The maximum atomic E-state index is 11.7. The van der Waals surface area contributed by atoms with E-state index in [1.54, 1.807) is 13.8 Å². The molecule has 6 nitrogen and oxygen atoms in total. The van der Waals surface area contributed by atoms with Gasteiger partial charge in [0, 0.05) is 19.8 Å². The zero-order valence-electron chi connectivity index (χ0n) is 13.0. The van der Waals surface area contributed by atoms with Gasteiger partial charge < -0.3 is 18.9 Å². The maximum Gasteiger partial charge on any atom is 0.347 e. The van der Waals surface area contributed by atoms with E-state index in [1.165, 1.54) is 0 Å². The highest BCUT2D eigenvalue weighted by Crippen LogP contribution is 2.20. The molecule has 0 bridgehead atoms. The fraction of sp³-hybridized carbons (Fsp3) is 0.867. The van der Waals surface area contributed by atoms with E-state index in [4.69, 9.17) is 18.9 Å². The van der Waals surface area contributed by atoms with Crippen LogP contribution in [0.5, 0.6) is 0 Å². The lowest BCUT2D eigenvalue weighted by Crippen LogP contribution is -2.36. The highest BCUT2D eigenvalue weighted by molar-refractivity contribution is 5.98. The minimum atomic E-state index is -1.26. The normalized spacial score (nSPS) is 16.0. The smallest absolute Gasteiger partial charge is 0.347 e. The number of ether oxygens (including phenoxy) is 4. The molecule has 1 fully saturated rings. The summed E-state index contributed by atoms with van der Waals surface area (Å²) in [4.78, 5) is 23.4. The van der Waals surface area contributed by atoms with Gasteiger partial charge in [0.05, 0.1) is 13.2 Å². The molecule has 1 aliphatic heterocycles. The standard InChI is InChI=1S/C15H26O6/c1-3-19-14(16)13(15(17)20-4-2)21-9-5-6-12-7-10-18-11-8-12/h12-13H,3-11H2,1-2H3. The monoisotopic (exact) mass is 302 g/mol. The van der Waals surface area contributed by atoms with Gasteiger partial charge in [-0.15, -0.1) is 0 Å². The summed E-state index contributed by atoms with van der Waals surface area (Å²) < 4.78 is 20.4. The van der Waals surface area contributed by atoms with Crippen LogP contribution in [0.1, 0.15) is 39.5 Å². The zero-order chi connectivity index (χ0) is 15.5. The number of hydrogen-bond acceptors (Lipinski definition) is 6. The van der Waals surface area contributed by atoms with E-state index in [0.717, 1.165) is 38.9 Å². The van der Waals surface area contributed by atoms with Crippen LogP contribution in [0, 0.1) is 5.92 Å². The Balaban J connectivity index is 2.30. The van der Waals surface area contributed by atoms with Crippen LogP contribution >= 0.6 is 0 Å². The topological polar surface area (TPSA) is 71.1 Å². The Morgan fingerprint density at radius 2 is 1.67 bits per heavy atom. The van der Waals surface area contributed by atoms with Crippen molar-refractivity contribution < 1.29 is 28.5 Å². The van der Waals surface area contributed by atoms with Gasteiger partial charge in [0.15, 0.2) is 0 Å². The molecule has 1 heterocycles. The SMILES string of the molecule is CCOC(=O)C(OCCCC1CCOCC1)C(=O)OCC. The molecule has 6 heteroatoms. The van der Waals surface area contributed by atoms with Crippen molar-refractivity contribution in [3.05, 3.63) is 0 Å². The van der Waals surface area contributed by atoms with Crippen LogP contribution in [0.3, 0.4) is 0 Å². The lowest BCUT2D eigenvalue weighted by atomic mass is 9.95. The van der Waals surface area contributed by atoms with Crippen LogP contribution < -0.4 is 0 Å². The highest BCUT2D eigenvalue weighted by atomic mass is 16.6. The number of esters is 2. The molecule has 0 aromatic heterocycles. The van der Waals surface area contributed by atoms with Gasteiger partial charge in [-0.1, -0.05) is 0 Å². The summed E-state index contributed by atoms with van der Waals surface area (Å²) in [6.45, 7) is 5.77. The van der Waals surface area contributed by atoms with Gasteiger partial charge in [-0.05, 0) is 45.4 Å². The highest BCUT2D eigenvalue weighted by Gasteiger charge is 2.30. The Hall–Kier alpha value is -1.14. The quantitative estimate of drug-likeness (QED) is 0.367. The third-order valence-corrected chi connectivity index (χ3v) is 3.38. The fourth-order valence-corrected chi connectivity index (χ4v) is 2.28. The number of carbonyl (C=O) groups excluding carboxylic acids is 2. The molecular formula is C15H26O6. The molecule has 0 atom stereocenters. The second-order valence-electron chi connectivity index (χ2n) is 4.95. The molecule has 0 saturated carbocycles. The molecule has 0 amide bonds. The zero-order valence-corrected chi connectivity index (χ0v) is 13.0. The molecule has 0 aliphatic carbocycles. The summed E-state index contributed by atoms with van der Waals surface area (Å²) in [5.41, 5.74) is 0. The first-order chi connectivity index (χ1) is 10.2. The largest absolute Gasteiger partial charge is 0.464 e. The Labute approximate surface area is 126 Å². The molecule has 1 aliphatic rings. The minimum Gasteiger partial charge on any atom is -0.464 e. The molecule has 0 aromatic rings. The van der Waals surface area contributed by atoms with Crippen molar-refractivity contribution >= 4 is 11.9 Å². The van der Waals surface area contributed by atoms with Gasteiger partial charge in [0.2, 0.25) is 0 Å². The maximum absolute atomic E-state index is 11.7. The van der Waals surface area contributed by atoms with E-state index < -0.39 is 18.0 Å². The van der Waals surface area contributed by atoms with Crippen molar-refractivity contribution in [1.29, 1.82) is 0 Å². The molecule has 0 radical (unpaired) electrons. The Bertz CT molecular complexity index is 293. The Morgan fingerprint density at radius 1 is 1.10 bits per heavy atom. The molecule has 1 saturated heterocycles. The van der Waals surface area contributed by atoms with Gasteiger partial charge in [-0.2, -0.15) is 0 Å². The van der Waals surface area contributed by atoms with Crippen LogP contribution in [-0.4, -0.2) is 51.1 Å². The fourth-order valence-electron chi connectivity index (χ4n) is 2.28. The average Bonchev–Trinajstić information content (AvgIpc) is 2.48. The number of carbonyl (C=O) groups is 2. The van der Waals surface area contributed by atoms with Gasteiger partial charge in [0.25, 0.3) is 6.10 Å². The van der Waals surface area contributed by atoms with Gasteiger partial charge in [-0.25, -0.2) is 9.59 Å². The summed E-state index contributed by atoms with van der Waals surface area (Å²) in [5.74, 6) is -0.713. The van der Waals surface area contributed by atoms with Gasteiger partial charge >= 0.3 is 11.9 Å². The Kier molecular flexibility index (Phi) is 9.01. The molecule has 0 unspecified atom stereocenters. The molecule has 0 N–H and O–H groups in total. The van der Waals surface area contributed by atoms with Gasteiger partial charge in [-0.3, -0.25) is 0 Å². The molecule has 21 heavy (non-hydrogen) atoms. The van der Waals surface area contributed by atoms with Crippen molar-refractivity contribution in [2.45, 2.75) is 45.6 Å².